The van der Waals surface area contributed by atoms with Crippen LogP contribution in [0.3, 0.4) is 0 Å². The molecule has 2 aliphatic rings. The molecule has 3 heterocycles. The molecule has 2 aliphatic heterocycles. The van der Waals surface area contributed by atoms with Crippen LogP contribution in [0.1, 0.15) is 22.5 Å². The SMILES string of the molecule is O=C(c1ccccn1)N1CCC2C(=O)N(Cc3ccccc3)CCN2CC1. The van der Waals surface area contributed by atoms with Gasteiger partial charge < -0.3 is 9.80 Å². The van der Waals surface area contributed by atoms with Gasteiger partial charge >= 0.3 is 0 Å². The minimum Gasteiger partial charge on any atom is -0.336 e. The van der Waals surface area contributed by atoms with Crippen LogP contribution < -0.4 is 0 Å². The number of hydrogen-bond acceptors (Lipinski definition) is 4. The lowest BCUT2D eigenvalue weighted by atomic mass is 10.1. The van der Waals surface area contributed by atoms with Crippen LogP contribution >= 0.6 is 0 Å². The van der Waals surface area contributed by atoms with Crippen molar-refractivity contribution in [3.63, 3.8) is 0 Å². The first-order chi connectivity index (χ1) is 13.2. The molecule has 140 valence electrons. The molecular formula is C21H24N4O2. The van der Waals surface area contributed by atoms with E-state index in [0.717, 1.165) is 25.2 Å². The smallest absolute Gasteiger partial charge is 0.272 e. The normalized spacial score (nSPS) is 20.9. The molecule has 0 bridgehead atoms. The molecule has 2 fully saturated rings. The summed E-state index contributed by atoms with van der Waals surface area (Å²) in [5.41, 5.74) is 1.62. The predicted molar refractivity (Wildman–Crippen MR) is 102 cm³/mol. The summed E-state index contributed by atoms with van der Waals surface area (Å²) in [7, 11) is 0. The second kappa shape index (κ2) is 7.88. The Balaban J connectivity index is 1.42. The summed E-state index contributed by atoms with van der Waals surface area (Å²) in [4.78, 5) is 35.9. The first-order valence-corrected chi connectivity index (χ1v) is 9.49. The average molecular weight is 364 g/mol. The molecule has 0 aliphatic carbocycles. The van der Waals surface area contributed by atoms with Gasteiger partial charge in [0.25, 0.3) is 5.91 Å². The molecule has 6 heteroatoms. The van der Waals surface area contributed by atoms with Gasteiger partial charge in [0.15, 0.2) is 0 Å². The van der Waals surface area contributed by atoms with Gasteiger partial charge in [-0.05, 0) is 24.1 Å². The zero-order valence-electron chi connectivity index (χ0n) is 15.3. The van der Waals surface area contributed by atoms with Crippen LogP contribution in [0.4, 0.5) is 0 Å². The minimum absolute atomic E-state index is 0.0518. The predicted octanol–water partition coefficient (Wildman–Crippen LogP) is 1.64. The highest BCUT2D eigenvalue weighted by molar-refractivity contribution is 5.92. The molecule has 4 rings (SSSR count). The molecule has 0 saturated carbocycles. The molecule has 27 heavy (non-hydrogen) atoms. The Bertz CT molecular complexity index is 796. The van der Waals surface area contributed by atoms with Crippen LogP contribution in [0.25, 0.3) is 0 Å². The highest BCUT2D eigenvalue weighted by Gasteiger charge is 2.37. The van der Waals surface area contributed by atoms with E-state index in [0.29, 0.717) is 31.7 Å². The number of rotatable bonds is 3. The van der Waals surface area contributed by atoms with Crippen molar-refractivity contribution in [3.8, 4) is 0 Å². The van der Waals surface area contributed by atoms with E-state index in [1.165, 1.54) is 0 Å². The molecule has 0 N–H and O–H groups in total. The van der Waals surface area contributed by atoms with Gasteiger partial charge in [0.1, 0.15) is 5.69 Å². The van der Waals surface area contributed by atoms with Crippen molar-refractivity contribution in [1.29, 1.82) is 0 Å². The Kier molecular flexibility index (Phi) is 5.16. The van der Waals surface area contributed by atoms with Crippen LogP contribution in [0.15, 0.2) is 54.7 Å². The number of fused-ring (bicyclic) bond motifs is 1. The van der Waals surface area contributed by atoms with Crippen molar-refractivity contribution in [1.82, 2.24) is 19.7 Å². The third-order valence-corrected chi connectivity index (χ3v) is 5.41. The molecule has 2 amide bonds. The highest BCUT2D eigenvalue weighted by atomic mass is 16.2. The summed E-state index contributed by atoms with van der Waals surface area (Å²) >= 11 is 0. The fourth-order valence-electron chi connectivity index (χ4n) is 3.91. The Labute approximate surface area is 159 Å². The number of amides is 2. The number of carbonyl (C=O) groups excluding carboxylic acids is 2. The van der Waals surface area contributed by atoms with E-state index in [2.05, 4.69) is 22.0 Å². The van der Waals surface area contributed by atoms with Crippen molar-refractivity contribution >= 4 is 11.8 Å². The van der Waals surface area contributed by atoms with Crippen molar-refractivity contribution < 1.29 is 9.59 Å². The maximum atomic E-state index is 13.0. The summed E-state index contributed by atoms with van der Waals surface area (Å²) in [6.45, 7) is 4.20. The van der Waals surface area contributed by atoms with Gasteiger partial charge in [-0.25, -0.2) is 0 Å². The molecule has 2 saturated heterocycles. The van der Waals surface area contributed by atoms with Gasteiger partial charge in [0, 0.05) is 45.5 Å². The van der Waals surface area contributed by atoms with E-state index in [1.54, 1.807) is 18.3 Å². The monoisotopic (exact) mass is 364 g/mol. The van der Waals surface area contributed by atoms with E-state index in [4.69, 9.17) is 0 Å². The average Bonchev–Trinajstić information content (AvgIpc) is 2.94. The lowest BCUT2D eigenvalue weighted by Gasteiger charge is -2.39. The van der Waals surface area contributed by atoms with Crippen LogP contribution in [0.5, 0.6) is 0 Å². The highest BCUT2D eigenvalue weighted by Crippen LogP contribution is 2.20. The third kappa shape index (κ3) is 3.85. The number of nitrogens with zero attached hydrogens (tertiary/aromatic N) is 4. The zero-order chi connectivity index (χ0) is 18.6. The molecule has 1 atom stereocenters. The quantitative estimate of drug-likeness (QED) is 0.831. The summed E-state index contributed by atoms with van der Waals surface area (Å²) in [5, 5.41) is 0. The zero-order valence-corrected chi connectivity index (χ0v) is 15.3. The number of piperazine rings is 1. The molecule has 1 aromatic heterocycles. The topological polar surface area (TPSA) is 56.8 Å². The minimum atomic E-state index is -0.135. The standard InChI is InChI=1S/C21H24N4O2/c26-20(18-8-4-5-10-22-18)24-11-9-19-21(27)25(15-13-23(19)12-14-24)16-17-6-2-1-3-7-17/h1-8,10,19H,9,11-16H2. The van der Waals surface area contributed by atoms with Gasteiger partial charge in [-0.3, -0.25) is 19.5 Å². The van der Waals surface area contributed by atoms with E-state index >= 15 is 0 Å². The first-order valence-electron chi connectivity index (χ1n) is 9.49. The van der Waals surface area contributed by atoms with Gasteiger partial charge in [-0.1, -0.05) is 36.4 Å². The maximum absolute atomic E-state index is 13.0. The van der Waals surface area contributed by atoms with E-state index in [-0.39, 0.29) is 17.9 Å². The van der Waals surface area contributed by atoms with Gasteiger partial charge in [0.05, 0.1) is 6.04 Å². The largest absolute Gasteiger partial charge is 0.336 e. The number of pyridine rings is 1. The molecule has 0 spiro atoms. The van der Waals surface area contributed by atoms with Crippen molar-refractivity contribution in [2.24, 2.45) is 0 Å². The molecule has 0 radical (unpaired) electrons. The summed E-state index contributed by atoms with van der Waals surface area (Å²) in [6, 6.07) is 15.3. The van der Waals surface area contributed by atoms with E-state index < -0.39 is 0 Å². The molecule has 1 unspecified atom stereocenters. The van der Waals surface area contributed by atoms with Crippen LogP contribution in [0.2, 0.25) is 0 Å². The molecular weight excluding hydrogens is 340 g/mol. The second-order valence-electron chi connectivity index (χ2n) is 7.09. The van der Waals surface area contributed by atoms with E-state index in [9.17, 15) is 9.59 Å². The molecule has 1 aromatic carbocycles. The number of carbonyl (C=O) groups is 2. The number of benzene rings is 1. The van der Waals surface area contributed by atoms with Crippen LogP contribution in [-0.4, -0.2) is 70.3 Å². The Morgan fingerprint density at radius 3 is 2.52 bits per heavy atom. The van der Waals surface area contributed by atoms with Crippen LogP contribution in [-0.2, 0) is 11.3 Å². The maximum Gasteiger partial charge on any atom is 0.272 e. The van der Waals surface area contributed by atoms with E-state index in [1.807, 2.05) is 34.1 Å². The van der Waals surface area contributed by atoms with Crippen molar-refractivity contribution in [2.75, 3.05) is 32.7 Å². The number of hydrogen-bond donors (Lipinski definition) is 0. The third-order valence-electron chi connectivity index (χ3n) is 5.41. The van der Waals surface area contributed by atoms with Gasteiger partial charge in [-0.2, -0.15) is 0 Å². The number of aromatic nitrogens is 1. The van der Waals surface area contributed by atoms with Crippen LogP contribution in [0, 0.1) is 0 Å². The Morgan fingerprint density at radius 2 is 1.74 bits per heavy atom. The summed E-state index contributed by atoms with van der Waals surface area (Å²) in [5.74, 6) is 0.126. The summed E-state index contributed by atoms with van der Waals surface area (Å²) in [6.07, 6.45) is 2.31. The fourth-order valence-corrected chi connectivity index (χ4v) is 3.91. The van der Waals surface area contributed by atoms with Gasteiger partial charge in [0.2, 0.25) is 5.91 Å². The lowest BCUT2D eigenvalue weighted by Crippen LogP contribution is -2.56. The lowest BCUT2D eigenvalue weighted by molar-refractivity contribution is -0.142. The molecule has 6 nitrogen and oxygen atoms in total. The Morgan fingerprint density at radius 1 is 0.963 bits per heavy atom. The Hall–Kier alpha value is -2.73. The van der Waals surface area contributed by atoms with Gasteiger partial charge in [-0.15, -0.1) is 0 Å². The fraction of sp³-hybridized carbons (Fsp3) is 0.381. The second-order valence-corrected chi connectivity index (χ2v) is 7.09. The van der Waals surface area contributed by atoms with Crippen molar-refractivity contribution in [3.05, 3.63) is 66.0 Å². The summed E-state index contributed by atoms with van der Waals surface area (Å²) < 4.78 is 0. The first kappa shape index (κ1) is 17.7. The van der Waals surface area contributed by atoms with Crippen molar-refractivity contribution in [2.45, 2.75) is 19.0 Å². The molecule has 2 aromatic rings.